The van der Waals surface area contributed by atoms with Gasteiger partial charge in [-0.1, -0.05) is 11.5 Å². The molecule has 68 valence electrons. The lowest BCUT2D eigenvalue weighted by Gasteiger charge is -2.11. The summed E-state index contributed by atoms with van der Waals surface area (Å²) in [5.74, 6) is 0.140. The predicted octanol–water partition coefficient (Wildman–Crippen LogP) is 1.51. The highest BCUT2D eigenvalue weighted by atomic mass is 19.4. The second-order valence-corrected chi connectivity index (χ2v) is 2.45. The number of ether oxygens (including phenoxy) is 1. The van der Waals surface area contributed by atoms with E-state index in [9.17, 15) is 13.2 Å². The SMILES string of the molecule is [B]c1ccc(OC)cc1C(F)(F)F. The van der Waals surface area contributed by atoms with Crippen molar-refractivity contribution in [2.24, 2.45) is 0 Å². The average Bonchev–Trinajstić information content (AvgIpc) is 2.03. The molecule has 1 nitrogen and oxygen atoms in total. The molecule has 0 aliphatic carbocycles. The van der Waals surface area contributed by atoms with Crippen molar-refractivity contribution < 1.29 is 17.9 Å². The minimum absolute atomic E-state index is 0.140. The zero-order chi connectivity index (χ0) is 10.1. The molecule has 0 N–H and O–H groups in total. The van der Waals surface area contributed by atoms with Gasteiger partial charge in [-0.05, 0) is 12.1 Å². The molecule has 0 fully saturated rings. The Morgan fingerprint density at radius 3 is 2.38 bits per heavy atom. The average molecular weight is 186 g/mol. The van der Waals surface area contributed by atoms with Crippen molar-refractivity contribution in [2.45, 2.75) is 6.18 Å². The van der Waals surface area contributed by atoms with Gasteiger partial charge in [0.15, 0.2) is 0 Å². The number of alkyl halides is 3. The fourth-order valence-corrected chi connectivity index (χ4v) is 0.908. The van der Waals surface area contributed by atoms with Gasteiger partial charge in [0, 0.05) is 0 Å². The topological polar surface area (TPSA) is 9.23 Å². The van der Waals surface area contributed by atoms with Crippen LogP contribution in [0.1, 0.15) is 5.56 Å². The number of benzene rings is 1. The van der Waals surface area contributed by atoms with Crippen LogP contribution in [0.25, 0.3) is 0 Å². The van der Waals surface area contributed by atoms with Gasteiger partial charge in [-0.3, -0.25) is 0 Å². The number of rotatable bonds is 1. The van der Waals surface area contributed by atoms with Gasteiger partial charge in [-0.15, -0.1) is 0 Å². The van der Waals surface area contributed by atoms with Gasteiger partial charge in [0.05, 0.1) is 12.7 Å². The Kier molecular flexibility index (Phi) is 2.54. The fraction of sp³-hybridized carbons (Fsp3) is 0.250. The molecule has 0 atom stereocenters. The van der Waals surface area contributed by atoms with Crippen molar-refractivity contribution in [3.05, 3.63) is 23.8 Å². The van der Waals surface area contributed by atoms with E-state index in [4.69, 9.17) is 7.85 Å². The summed E-state index contributed by atoms with van der Waals surface area (Å²) in [5.41, 5.74) is -1.17. The quantitative estimate of drug-likeness (QED) is 0.604. The van der Waals surface area contributed by atoms with Crippen molar-refractivity contribution in [2.75, 3.05) is 7.11 Å². The Labute approximate surface area is 74.9 Å². The first-order chi connectivity index (χ1) is 5.95. The van der Waals surface area contributed by atoms with Crippen LogP contribution in [0.15, 0.2) is 18.2 Å². The summed E-state index contributed by atoms with van der Waals surface area (Å²) in [6.07, 6.45) is -4.43. The van der Waals surface area contributed by atoms with Gasteiger partial charge in [0.1, 0.15) is 13.6 Å². The lowest BCUT2D eigenvalue weighted by Crippen LogP contribution is -2.19. The van der Waals surface area contributed by atoms with E-state index in [2.05, 4.69) is 4.74 Å². The Morgan fingerprint density at radius 1 is 1.31 bits per heavy atom. The fourth-order valence-electron chi connectivity index (χ4n) is 0.908. The molecule has 5 heteroatoms. The Hall–Kier alpha value is -1.13. The van der Waals surface area contributed by atoms with Crippen LogP contribution in [0.3, 0.4) is 0 Å². The van der Waals surface area contributed by atoms with Crippen LogP contribution >= 0.6 is 0 Å². The standard InChI is InChI=1S/C8H6BF3O/c1-13-5-2-3-7(9)6(4-5)8(10,11)12/h2-4H,1H3. The van der Waals surface area contributed by atoms with Crippen LogP contribution in [0, 0.1) is 0 Å². The number of hydrogen-bond acceptors (Lipinski definition) is 1. The first-order valence-corrected chi connectivity index (χ1v) is 3.46. The largest absolute Gasteiger partial charge is 0.497 e. The third-order valence-corrected chi connectivity index (χ3v) is 1.57. The zero-order valence-electron chi connectivity index (χ0n) is 6.85. The highest BCUT2D eigenvalue weighted by molar-refractivity contribution is 6.33. The summed E-state index contributed by atoms with van der Waals surface area (Å²) in [4.78, 5) is 0. The molecule has 1 rings (SSSR count). The molecule has 1 aromatic rings. The molecule has 2 radical (unpaired) electrons. The van der Waals surface area contributed by atoms with Crippen LogP contribution in [0.5, 0.6) is 5.75 Å². The number of methoxy groups -OCH3 is 1. The van der Waals surface area contributed by atoms with Crippen LogP contribution in [-0.2, 0) is 6.18 Å². The molecule has 0 aromatic heterocycles. The summed E-state index contributed by atoms with van der Waals surface area (Å²) in [7, 11) is 6.45. The maximum absolute atomic E-state index is 12.2. The van der Waals surface area contributed by atoms with Gasteiger partial charge in [0.25, 0.3) is 0 Å². The van der Waals surface area contributed by atoms with Gasteiger partial charge < -0.3 is 4.74 Å². The lowest BCUT2D eigenvalue weighted by atomic mass is 9.90. The second kappa shape index (κ2) is 3.32. The van der Waals surface area contributed by atoms with E-state index in [-0.39, 0.29) is 11.2 Å². The van der Waals surface area contributed by atoms with E-state index in [1.165, 1.54) is 19.2 Å². The molecule has 0 bridgehead atoms. The second-order valence-electron chi connectivity index (χ2n) is 2.45. The normalized spacial score (nSPS) is 11.4. The minimum atomic E-state index is -4.43. The Morgan fingerprint density at radius 2 is 1.92 bits per heavy atom. The third kappa shape index (κ3) is 2.17. The molecule has 0 aliphatic heterocycles. The van der Waals surface area contributed by atoms with Crippen molar-refractivity contribution in [3.63, 3.8) is 0 Å². The lowest BCUT2D eigenvalue weighted by molar-refractivity contribution is -0.136. The van der Waals surface area contributed by atoms with E-state index >= 15 is 0 Å². The first-order valence-electron chi connectivity index (χ1n) is 3.46. The maximum atomic E-state index is 12.2. The molecule has 0 aliphatic rings. The van der Waals surface area contributed by atoms with E-state index < -0.39 is 11.7 Å². The number of hydrogen-bond donors (Lipinski definition) is 0. The molecule has 0 saturated carbocycles. The molecule has 1 aromatic carbocycles. The van der Waals surface area contributed by atoms with Crippen molar-refractivity contribution in [3.8, 4) is 5.75 Å². The van der Waals surface area contributed by atoms with Crippen LogP contribution in [0.2, 0.25) is 0 Å². The summed E-state index contributed by atoms with van der Waals surface area (Å²) >= 11 is 0. The van der Waals surface area contributed by atoms with Crippen LogP contribution < -0.4 is 10.2 Å². The molecular weight excluding hydrogens is 180 g/mol. The van der Waals surface area contributed by atoms with Gasteiger partial charge in [-0.2, -0.15) is 13.2 Å². The van der Waals surface area contributed by atoms with E-state index in [0.29, 0.717) is 0 Å². The molecule has 0 unspecified atom stereocenters. The van der Waals surface area contributed by atoms with Gasteiger partial charge >= 0.3 is 6.18 Å². The Bertz CT molecular complexity index is 309. The molecule has 0 spiro atoms. The molecule has 0 saturated heterocycles. The van der Waals surface area contributed by atoms with Crippen LogP contribution in [0.4, 0.5) is 13.2 Å². The van der Waals surface area contributed by atoms with Gasteiger partial charge in [-0.25, -0.2) is 0 Å². The summed E-state index contributed by atoms with van der Waals surface area (Å²) in [6.45, 7) is 0. The molecular formula is C8H6BF3O. The zero-order valence-corrected chi connectivity index (χ0v) is 6.85. The summed E-state index contributed by atoms with van der Waals surface area (Å²) in [6, 6.07) is 3.42. The third-order valence-electron chi connectivity index (χ3n) is 1.57. The Balaban J connectivity index is 3.19. The van der Waals surface area contributed by atoms with E-state index in [1.807, 2.05) is 0 Å². The number of halogens is 3. The highest BCUT2D eigenvalue weighted by Crippen LogP contribution is 2.29. The first kappa shape index (κ1) is 9.96. The van der Waals surface area contributed by atoms with E-state index in [1.54, 1.807) is 0 Å². The molecule has 13 heavy (non-hydrogen) atoms. The smallest absolute Gasteiger partial charge is 0.415 e. The monoisotopic (exact) mass is 186 g/mol. The van der Waals surface area contributed by atoms with Crippen LogP contribution in [-0.4, -0.2) is 15.0 Å². The minimum Gasteiger partial charge on any atom is -0.497 e. The molecule has 0 heterocycles. The summed E-state index contributed by atoms with van der Waals surface area (Å²) in [5, 5.41) is 0. The van der Waals surface area contributed by atoms with Gasteiger partial charge in [0.2, 0.25) is 0 Å². The van der Waals surface area contributed by atoms with Crippen molar-refractivity contribution in [1.29, 1.82) is 0 Å². The van der Waals surface area contributed by atoms with Crippen molar-refractivity contribution >= 4 is 13.3 Å². The highest BCUT2D eigenvalue weighted by Gasteiger charge is 2.32. The van der Waals surface area contributed by atoms with Crippen molar-refractivity contribution in [1.82, 2.24) is 0 Å². The van der Waals surface area contributed by atoms with E-state index in [0.717, 1.165) is 6.07 Å². The maximum Gasteiger partial charge on any atom is 0.415 e. The predicted molar refractivity (Wildman–Crippen MR) is 43.4 cm³/mol. The summed E-state index contributed by atoms with van der Waals surface area (Å²) < 4.78 is 41.3. The molecule has 0 amide bonds.